The zero-order valence-corrected chi connectivity index (χ0v) is 22.8. The van der Waals surface area contributed by atoms with Gasteiger partial charge in [-0.1, -0.05) is 79.7 Å². The SMILES string of the molecule is CCc1ccc(NC(=O)C(C)OC(=O)c2ccccc2NC(=O)c2cc(-c3ccccc3)nc3ccccc23)cc1. The van der Waals surface area contributed by atoms with Crippen LogP contribution in [-0.2, 0) is 16.0 Å². The average Bonchev–Trinajstić information content (AvgIpc) is 3.01. The van der Waals surface area contributed by atoms with Crippen LogP contribution >= 0.6 is 0 Å². The molecule has 0 bridgehead atoms. The standard InChI is InChI=1S/C34H29N3O4/c1-3-23-17-19-25(20-18-23)35-32(38)22(2)41-34(40)27-14-8-10-16-30(27)37-33(39)28-21-31(24-11-5-4-6-12-24)36-29-15-9-7-13-26(28)29/h4-22H,3H2,1-2H3,(H,35,38)(H,37,39). The van der Waals surface area contributed by atoms with E-state index in [1.54, 1.807) is 30.3 Å². The van der Waals surface area contributed by atoms with Crippen molar-refractivity contribution < 1.29 is 19.1 Å². The number of nitrogens with zero attached hydrogens (tertiary/aromatic N) is 1. The number of ether oxygens (including phenoxy) is 1. The van der Waals surface area contributed by atoms with Gasteiger partial charge in [0.1, 0.15) is 0 Å². The van der Waals surface area contributed by atoms with Crippen molar-refractivity contribution in [2.75, 3.05) is 10.6 Å². The van der Waals surface area contributed by atoms with Crippen molar-refractivity contribution >= 4 is 40.1 Å². The highest BCUT2D eigenvalue weighted by molar-refractivity contribution is 6.14. The van der Waals surface area contributed by atoms with Crippen LogP contribution < -0.4 is 10.6 Å². The molecule has 0 saturated heterocycles. The van der Waals surface area contributed by atoms with Crippen LogP contribution in [0.5, 0.6) is 0 Å². The first kappa shape index (κ1) is 27.3. The Hall–Kier alpha value is -5.30. The summed E-state index contributed by atoms with van der Waals surface area (Å²) in [5, 5.41) is 6.31. The van der Waals surface area contributed by atoms with E-state index in [-0.39, 0.29) is 11.3 Å². The largest absolute Gasteiger partial charge is 0.449 e. The van der Waals surface area contributed by atoms with Crippen LogP contribution in [0.2, 0.25) is 0 Å². The van der Waals surface area contributed by atoms with Gasteiger partial charge in [-0.25, -0.2) is 9.78 Å². The van der Waals surface area contributed by atoms with Crippen molar-refractivity contribution in [1.82, 2.24) is 4.98 Å². The minimum atomic E-state index is -1.06. The molecule has 0 aliphatic heterocycles. The molecule has 1 atom stereocenters. The van der Waals surface area contributed by atoms with Crippen molar-refractivity contribution in [2.45, 2.75) is 26.4 Å². The number of pyridine rings is 1. The molecular weight excluding hydrogens is 514 g/mol. The van der Waals surface area contributed by atoms with E-state index >= 15 is 0 Å². The summed E-state index contributed by atoms with van der Waals surface area (Å²) in [6.45, 7) is 3.56. The molecule has 0 radical (unpaired) electrons. The van der Waals surface area contributed by atoms with E-state index < -0.39 is 23.9 Å². The minimum absolute atomic E-state index is 0.134. The maximum atomic E-state index is 13.6. The monoisotopic (exact) mass is 543 g/mol. The molecule has 0 fully saturated rings. The molecule has 1 aromatic heterocycles. The number of fused-ring (bicyclic) bond motifs is 1. The Balaban J connectivity index is 1.35. The molecule has 4 aromatic carbocycles. The summed E-state index contributed by atoms with van der Waals surface area (Å²) in [6, 6.07) is 32.8. The van der Waals surface area contributed by atoms with Gasteiger partial charge < -0.3 is 15.4 Å². The highest BCUT2D eigenvalue weighted by atomic mass is 16.5. The maximum Gasteiger partial charge on any atom is 0.341 e. The maximum absolute atomic E-state index is 13.6. The summed E-state index contributed by atoms with van der Waals surface area (Å²) in [5.41, 5.74) is 4.80. The Bertz CT molecular complexity index is 1720. The third-order valence-electron chi connectivity index (χ3n) is 6.71. The molecule has 5 aromatic rings. The molecule has 1 heterocycles. The first-order chi connectivity index (χ1) is 19.9. The number of aryl methyl sites for hydroxylation is 1. The third kappa shape index (κ3) is 6.31. The summed E-state index contributed by atoms with van der Waals surface area (Å²) >= 11 is 0. The quantitative estimate of drug-likeness (QED) is 0.208. The van der Waals surface area contributed by atoms with Gasteiger partial charge in [-0.15, -0.1) is 0 Å². The Morgan fingerprint density at radius 3 is 2.22 bits per heavy atom. The van der Waals surface area contributed by atoms with Crippen LogP contribution in [0.15, 0.2) is 109 Å². The molecule has 2 N–H and O–H groups in total. The number of anilines is 2. The molecule has 0 aliphatic rings. The molecule has 41 heavy (non-hydrogen) atoms. The lowest BCUT2D eigenvalue weighted by Crippen LogP contribution is -2.30. The summed E-state index contributed by atoms with van der Waals surface area (Å²) in [5.74, 6) is -1.59. The smallest absolute Gasteiger partial charge is 0.341 e. The first-order valence-electron chi connectivity index (χ1n) is 13.4. The lowest BCUT2D eigenvalue weighted by Gasteiger charge is -2.16. The molecular formula is C34H29N3O4. The van der Waals surface area contributed by atoms with Crippen molar-refractivity contribution in [1.29, 1.82) is 0 Å². The summed E-state index contributed by atoms with van der Waals surface area (Å²) in [6.07, 6.45) is -0.168. The predicted octanol–water partition coefficient (Wildman–Crippen LogP) is 6.90. The zero-order chi connectivity index (χ0) is 28.8. The van der Waals surface area contributed by atoms with Gasteiger partial charge in [0.05, 0.1) is 28.0 Å². The molecule has 0 saturated carbocycles. The topological polar surface area (TPSA) is 97.4 Å². The van der Waals surface area contributed by atoms with Crippen LogP contribution in [0.1, 0.15) is 40.1 Å². The Labute approximate surface area is 238 Å². The molecule has 1 unspecified atom stereocenters. The van der Waals surface area contributed by atoms with Gasteiger partial charge >= 0.3 is 5.97 Å². The number of rotatable bonds is 8. The fraction of sp³-hybridized carbons (Fsp3) is 0.118. The second-order valence-corrected chi connectivity index (χ2v) is 9.53. The van der Waals surface area contributed by atoms with Crippen LogP contribution in [0.3, 0.4) is 0 Å². The lowest BCUT2D eigenvalue weighted by molar-refractivity contribution is -0.123. The van der Waals surface area contributed by atoms with E-state index in [9.17, 15) is 14.4 Å². The predicted molar refractivity (Wildman–Crippen MR) is 161 cm³/mol. The number of aromatic nitrogens is 1. The Morgan fingerprint density at radius 2 is 1.46 bits per heavy atom. The van der Waals surface area contributed by atoms with E-state index in [1.165, 1.54) is 6.92 Å². The van der Waals surface area contributed by atoms with Crippen molar-refractivity contribution in [3.8, 4) is 11.3 Å². The number of carbonyl (C=O) groups is 3. The summed E-state index contributed by atoms with van der Waals surface area (Å²) in [7, 11) is 0. The van der Waals surface area contributed by atoms with Crippen molar-refractivity contribution in [3.63, 3.8) is 0 Å². The molecule has 204 valence electrons. The number of carbonyl (C=O) groups excluding carboxylic acids is 3. The number of esters is 1. The number of benzene rings is 4. The molecule has 0 aliphatic carbocycles. The van der Waals surface area contributed by atoms with Gasteiger partial charge in [0.25, 0.3) is 11.8 Å². The van der Waals surface area contributed by atoms with Gasteiger partial charge in [0, 0.05) is 16.6 Å². The number of hydrogen-bond donors (Lipinski definition) is 2. The fourth-order valence-electron chi connectivity index (χ4n) is 4.43. The third-order valence-corrected chi connectivity index (χ3v) is 6.71. The van der Waals surface area contributed by atoms with Crippen LogP contribution in [0.4, 0.5) is 11.4 Å². The van der Waals surface area contributed by atoms with Gasteiger partial charge in [-0.2, -0.15) is 0 Å². The Kier molecular flexibility index (Phi) is 8.15. The van der Waals surface area contributed by atoms with Gasteiger partial charge in [0.2, 0.25) is 0 Å². The van der Waals surface area contributed by atoms with E-state index in [0.717, 1.165) is 17.5 Å². The number of para-hydroxylation sites is 2. The number of amides is 2. The normalized spacial score (nSPS) is 11.5. The fourth-order valence-corrected chi connectivity index (χ4v) is 4.43. The first-order valence-corrected chi connectivity index (χ1v) is 13.4. The average molecular weight is 544 g/mol. The molecule has 7 heteroatoms. The van der Waals surface area contributed by atoms with Crippen molar-refractivity contribution in [2.24, 2.45) is 0 Å². The second-order valence-electron chi connectivity index (χ2n) is 9.53. The lowest BCUT2D eigenvalue weighted by atomic mass is 10.0. The summed E-state index contributed by atoms with van der Waals surface area (Å²) < 4.78 is 5.48. The molecule has 2 amide bonds. The molecule has 0 spiro atoms. The van der Waals surface area contributed by atoms with Gasteiger partial charge in [0.15, 0.2) is 6.10 Å². The van der Waals surface area contributed by atoms with E-state index in [0.29, 0.717) is 27.8 Å². The van der Waals surface area contributed by atoms with Crippen LogP contribution in [-0.4, -0.2) is 28.9 Å². The Morgan fingerprint density at radius 1 is 0.780 bits per heavy atom. The zero-order valence-electron chi connectivity index (χ0n) is 22.8. The second kappa shape index (κ2) is 12.3. The summed E-state index contributed by atoms with van der Waals surface area (Å²) in [4.78, 5) is 44.2. The van der Waals surface area contributed by atoms with E-state index in [4.69, 9.17) is 9.72 Å². The van der Waals surface area contributed by atoms with Gasteiger partial charge in [-0.3, -0.25) is 9.59 Å². The highest BCUT2D eigenvalue weighted by Gasteiger charge is 2.22. The van der Waals surface area contributed by atoms with Crippen LogP contribution in [0.25, 0.3) is 22.2 Å². The highest BCUT2D eigenvalue weighted by Crippen LogP contribution is 2.26. The van der Waals surface area contributed by atoms with Crippen LogP contribution in [0, 0.1) is 0 Å². The van der Waals surface area contributed by atoms with E-state index in [1.807, 2.05) is 78.9 Å². The number of nitrogens with one attached hydrogen (secondary N) is 2. The van der Waals surface area contributed by atoms with E-state index in [2.05, 4.69) is 17.6 Å². The molecule has 7 nitrogen and oxygen atoms in total. The molecule has 5 rings (SSSR count). The minimum Gasteiger partial charge on any atom is -0.449 e. The number of hydrogen-bond acceptors (Lipinski definition) is 5. The van der Waals surface area contributed by atoms with Crippen molar-refractivity contribution in [3.05, 3.63) is 126 Å². The van der Waals surface area contributed by atoms with Gasteiger partial charge in [-0.05, 0) is 55.3 Å².